The lowest BCUT2D eigenvalue weighted by Crippen LogP contribution is -2.26. The number of carbonyl (C=O) groups is 1. The van der Waals surface area contributed by atoms with Gasteiger partial charge in [0, 0.05) is 25.7 Å². The molecule has 0 spiro atoms. The molecule has 1 aliphatic rings. The molecule has 1 saturated heterocycles. The molecule has 6 nitrogen and oxygen atoms in total. The first-order valence-corrected chi connectivity index (χ1v) is 7.65. The van der Waals surface area contributed by atoms with E-state index in [0.717, 1.165) is 30.9 Å². The van der Waals surface area contributed by atoms with Gasteiger partial charge in [0.2, 0.25) is 0 Å². The monoisotopic (exact) mass is 298 g/mol. The van der Waals surface area contributed by atoms with E-state index in [1.807, 2.05) is 6.92 Å². The minimum absolute atomic E-state index is 0.137. The van der Waals surface area contributed by atoms with Gasteiger partial charge >= 0.3 is 0 Å². The zero-order chi connectivity index (χ0) is 14.7. The van der Waals surface area contributed by atoms with Gasteiger partial charge < -0.3 is 26.4 Å². The third-order valence-electron chi connectivity index (χ3n) is 3.34. The van der Waals surface area contributed by atoms with Crippen molar-refractivity contribution in [2.24, 2.45) is 5.73 Å². The Hall–Kier alpha value is -1.47. The molecular weight excluding hydrogens is 276 g/mol. The number of nitrogens with two attached hydrogens (primary N) is 2. The van der Waals surface area contributed by atoms with Gasteiger partial charge in [-0.1, -0.05) is 6.92 Å². The van der Waals surface area contributed by atoms with Crippen LogP contribution in [0.4, 0.5) is 10.7 Å². The van der Waals surface area contributed by atoms with Crippen LogP contribution in [0.3, 0.4) is 0 Å². The minimum Gasteiger partial charge on any atom is -0.492 e. The van der Waals surface area contributed by atoms with Crippen LogP contribution in [0.25, 0.3) is 0 Å². The number of nitrogens with one attached hydrogen (secondary N) is 1. The predicted octanol–water partition coefficient (Wildman–Crippen LogP) is 1.02. The second kappa shape index (κ2) is 6.32. The summed E-state index contributed by atoms with van der Waals surface area (Å²) in [5.74, 6) is 0.452. The summed E-state index contributed by atoms with van der Waals surface area (Å²) in [5.41, 5.74) is 12.4. The van der Waals surface area contributed by atoms with Crippen LogP contribution in [0.1, 0.15) is 29.4 Å². The molecule has 0 aromatic carbocycles. The number of anilines is 2. The Labute approximate surface area is 123 Å². The number of carbonyl (C=O) groups excluding carboxylic acids is 1. The Morgan fingerprint density at radius 1 is 1.60 bits per heavy atom. The first-order chi connectivity index (χ1) is 9.58. The minimum atomic E-state index is -0.137. The molecule has 0 bridgehead atoms. The van der Waals surface area contributed by atoms with E-state index in [9.17, 15) is 4.79 Å². The fourth-order valence-corrected chi connectivity index (χ4v) is 3.42. The van der Waals surface area contributed by atoms with Crippen molar-refractivity contribution >= 4 is 27.9 Å². The van der Waals surface area contributed by atoms with Crippen LogP contribution in [-0.4, -0.2) is 38.7 Å². The highest BCUT2D eigenvalue weighted by Crippen LogP contribution is 2.45. The summed E-state index contributed by atoms with van der Waals surface area (Å²) >= 11 is 1.38. The molecule has 1 amide bonds. The average Bonchev–Trinajstić information content (AvgIpc) is 2.99. The van der Waals surface area contributed by atoms with Crippen molar-refractivity contribution in [3.8, 4) is 5.75 Å². The van der Waals surface area contributed by atoms with Crippen molar-refractivity contribution in [1.82, 2.24) is 5.32 Å². The molecule has 2 heterocycles. The van der Waals surface area contributed by atoms with Crippen molar-refractivity contribution in [2.45, 2.75) is 25.8 Å². The molecule has 0 radical (unpaired) electrons. The lowest BCUT2D eigenvalue weighted by molar-refractivity contribution is 0.0958. The standard InChI is InChI=1S/C13H22N4O2S/c1-3-5-16-12(18)11-9(15)10(19-2)13(20-11)17-6-4-8(14)7-17/h8H,3-7,14-15H2,1-2H3,(H,16,18). The van der Waals surface area contributed by atoms with Crippen molar-refractivity contribution in [3.05, 3.63) is 4.88 Å². The van der Waals surface area contributed by atoms with Crippen LogP contribution in [0.2, 0.25) is 0 Å². The number of amides is 1. The molecule has 0 saturated carbocycles. The highest BCUT2D eigenvalue weighted by atomic mass is 32.1. The lowest BCUT2D eigenvalue weighted by atomic mass is 10.3. The molecule has 1 aromatic heterocycles. The SMILES string of the molecule is CCCNC(=O)c1sc(N2CCC(N)C2)c(OC)c1N. The Bertz CT molecular complexity index is 489. The van der Waals surface area contributed by atoms with Crippen LogP contribution in [0, 0.1) is 0 Å². The molecule has 7 heteroatoms. The predicted molar refractivity (Wildman–Crippen MR) is 82.7 cm³/mol. The van der Waals surface area contributed by atoms with E-state index in [1.54, 1.807) is 7.11 Å². The Morgan fingerprint density at radius 3 is 2.90 bits per heavy atom. The number of rotatable bonds is 5. The quantitative estimate of drug-likeness (QED) is 0.754. The van der Waals surface area contributed by atoms with Gasteiger partial charge in [-0.15, -0.1) is 11.3 Å². The van der Waals surface area contributed by atoms with Gasteiger partial charge in [-0.25, -0.2) is 0 Å². The maximum Gasteiger partial charge on any atom is 0.263 e. The number of hydrogen-bond donors (Lipinski definition) is 3. The first-order valence-electron chi connectivity index (χ1n) is 6.83. The fourth-order valence-electron chi connectivity index (χ4n) is 2.28. The Morgan fingerprint density at radius 2 is 2.35 bits per heavy atom. The molecule has 112 valence electrons. The maximum atomic E-state index is 12.1. The van der Waals surface area contributed by atoms with E-state index in [0.29, 0.717) is 22.9 Å². The van der Waals surface area contributed by atoms with E-state index in [2.05, 4.69) is 10.2 Å². The molecule has 1 aliphatic heterocycles. The Balaban J connectivity index is 2.26. The summed E-state index contributed by atoms with van der Waals surface area (Å²) in [6.45, 7) is 4.29. The summed E-state index contributed by atoms with van der Waals surface area (Å²) < 4.78 is 5.38. The zero-order valence-corrected chi connectivity index (χ0v) is 12.8. The fraction of sp³-hybridized carbons (Fsp3) is 0.615. The lowest BCUT2D eigenvalue weighted by Gasteiger charge is -2.17. The van der Waals surface area contributed by atoms with Crippen LogP contribution in [0.5, 0.6) is 5.75 Å². The highest BCUT2D eigenvalue weighted by Gasteiger charge is 2.28. The number of thiophene rings is 1. The smallest absolute Gasteiger partial charge is 0.263 e. The average molecular weight is 298 g/mol. The number of ether oxygens (including phenoxy) is 1. The molecule has 0 aliphatic carbocycles. The van der Waals surface area contributed by atoms with Crippen LogP contribution in [0.15, 0.2) is 0 Å². The van der Waals surface area contributed by atoms with E-state index in [4.69, 9.17) is 16.2 Å². The van der Waals surface area contributed by atoms with E-state index >= 15 is 0 Å². The summed E-state index contributed by atoms with van der Waals surface area (Å²) in [7, 11) is 1.58. The molecule has 1 fully saturated rings. The van der Waals surface area contributed by atoms with Crippen molar-refractivity contribution in [3.63, 3.8) is 0 Å². The van der Waals surface area contributed by atoms with Gasteiger partial charge in [-0.2, -0.15) is 0 Å². The van der Waals surface area contributed by atoms with Gasteiger partial charge in [0.05, 0.1) is 7.11 Å². The molecule has 2 rings (SSSR count). The van der Waals surface area contributed by atoms with Gasteiger partial charge in [-0.3, -0.25) is 4.79 Å². The van der Waals surface area contributed by atoms with Crippen molar-refractivity contribution in [1.29, 1.82) is 0 Å². The van der Waals surface area contributed by atoms with Crippen LogP contribution >= 0.6 is 11.3 Å². The van der Waals surface area contributed by atoms with E-state index < -0.39 is 0 Å². The van der Waals surface area contributed by atoms with E-state index in [-0.39, 0.29) is 11.9 Å². The summed E-state index contributed by atoms with van der Waals surface area (Å²) in [5, 5.41) is 3.75. The summed E-state index contributed by atoms with van der Waals surface area (Å²) in [6.07, 6.45) is 1.83. The second-order valence-electron chi connectivity index (χ2n) is 4.93. The topological polar surface area (TPSA) is 93.6 Å². The number of nitrogens with zero attached hydrogens (tertiary/aromatic N) is 1. The van der Waals surface area contributed by atoms with Crippen LogP contribution in [-0.2, 0) is 0 Å². The third kappa shape index (κ3) is 2.83. The van der Waals surface area contributed by atoms with Crippen molar-refractivity contribution in [2.75, 3.05) is 37.4 Å². The normalized spacial score (nSPS) is 18.4. The molecule has 1 atom stereocenters. The maximum absolute atomic E-state index is 12.1. The largest absolute Gasteiger partial charge is 0.492 e. The molecule has 1 aromatic rings. The zero-order valence-electron chi connectivity index (χ0n) is 11.9. The molecule has 1 unspecified atom stereocenters. The molecular formula is C13H22N4O2S. The number of nitrogen functional groups attached to an aromatic ring is 1. The van der Waals surface area contributed by atoms with Gasteiger partial charge in [0.1, 0.15) is 15.6 Å². The number of methoxy groups -OCH3 is 1. The summed E-state index contributed by atoms with van der Waals surface area (Å²) in [6, 6.07) is 0.167. The van der Waals surface area contributed by atoms with Gasteiger partial charge in [0.15, 0.2) is 5.75 Å². The van der Waals surface area contributed by atoms with Gasteiger partial charge in [-0.05, 0) is 12.8 Å². The first kappa shape index (κ1) is 14.9. The third-order valence-corrected chi connectivity index (χ3v) is 4.59. The van der Waals surface area contributed by atoms with Crippen molar-refractivity contribution < 1.29 is 9.53 Å². The van der Waals surface area contributed by atoms with Gasteiger partial charge in [0.25, 0.3) is 5.91 Å². The summed E-state index contributed by atoms with van der Waals surface area (Å²) in [4.78, 5) is 14.8. The Kier molecular flexibility index (Phi) is 4.72. The molecule has 5 N–H and O–H groups in total. The van der Waals surface area contributed by atoms with Crippen LogP contribution < -0.4 is 26.4 Å². The number of hydrogen-bond acceptors (Lipinski definition) is 6. The second-order valence-corrected chi connectivity index (χ2v) is 5.93. The van der Waals surface area contributed by atoms with E-state index in [1.165, 1.54) is 11.3 Å². The molecule has 20 heavy (non-hydrogen) atoms. The highest BCUT2D eigenvalue weighted by molar-refractivity contribution is 7.19.